The molecule has 2 heteroatoms. The number of hydrogen-bond acceptors (Lipinski definition) is 1. The van der Waals surface area contributed by atoms with E-state index in [1.807, 2.05) is 0 Å². The van der Waals surface area contributed by atoms with Crippen molar-refractivity contribution >= 4 is 16.8 Å². The first-order valence-corrected chi connectivity index (χ1v) is 4.18. The van der Waals surface area contributed by atoms with Crippen LogP contribution in [0, 0.1) is 0 Å². The number of carbonyl (C=O) groups excluding carboxylic acids is 1. The first-order chi connectivity index (χ1) is 5.29. The first-order valence-electron chi connectivity index (χ1n) is 3.80. The zero-order valence-corrected chi connectivity index (χ0v) is 7.10. The molecule has 0 saturated carbocycles. The van der Waals surface area contributed by atoms with Crippen LogP contribution in [0.3, 0.4) is 0 Å². The van der Waals surface area contributed by atoms with Gasteiger partial charge in [0.05, 0.1) is 0 Å². The Bertz CT molecular complexity index is 204. The zero-order valence-electron chi connectivity index (χ0n) is 6.35. The van der Waals surface area contributed by atoms with Crippen molar-refractivity contribution in [1.29, 1.82) is 0 Å². The summed E-state index contributed by atoms with van der Waals surface area (Å²) in [6, 6.07) is 0. The van der Waals surface area contributed by atoms with Crippen molar-refractivity contribution in [1.82, 2.24) is 0 Å². The van der Waals surface area contributed by atoms with Gasteiger partial charge in [0, 0.05) is 6.42 Å². The summed E-state index contributed by atoms with van der Waals surface area (Å²) in [7, 11) is 0. The molecule has 1 rings (SSSR count). The van der Waals surface area contributed by atoms with Gasteiger partial charge in [0.2, 0.25) is 5.24 Å². The molecule has 1 aliphatic rings. The summed E-state index contributed by atoms with van der Waals surface area (Å²) in [6.07, 6.45) is 9.73. The summed E-state index contributed by atoms with van der Waals surface area (Å²) in [4.78, 5) is 10.4. The topological polar surface area (TPSA) is 17.1 Å². The van der Waals surface area contributed by atoms with Crippen molar-refractivity contribution in [3.8, 4) is 0 Å². The molecular weight excluding hydrogens is 160 g/mol. The van der Waals surface area contributed by atoms with Gasteiger partial charge in [0.25, 0.3) is 0 Å². The van der Waals surface area contributed by atoms with E-state index in [0.717, 1.165) is 19.3 Å². The lowest BCUT2D eigenvalue weighted by molar-refractivity contribution is -0.111. The smallest absolute Gasteiger partial charge is 0.221 e. The van der Waals surface area contributed by atoms with Crippen LogP contribution < -0.4 is 0 Å². The third-order valence-electron chi connectivity index (χ3n) is 1.73. The van der Waals surface area contributed by atoms with E-state index >= 15 is 0 Å². The Morgan fingerprint density at radius 3 is 2.91 bits per heavy atom. The van der Waals surface area contributed by atoms with Crippen molar-refractivity contribution in [3.63, 3.8) is 0 Å². The Kier molecular flexibility index (Phi) is 3.37. The molecule has 0 aromatic carbocycles. The average Bonchev–Trinajstić information content (AvgIpc) is 2.03. The predicted molar refractivity (Wildman–Crippen MR) is 46.6 cm³/mol. The zero-order chi connectivity index (χ0) is 8.10. The molecular formula is C9H11ClO. The van der Waals surface area contributed by atoms with Gasteiger partial charge in [0.15, 0.2) is 0 Å². The SMILES string of the molecule is O=C(Cl)CCC1=CCC=CC1. The Morgan fingerprint density at radius 2 is 2.36 bits per heavy atom. The summed E-state index contributed by atoms with van der Waals surface area (Å²) < 4.78 is 0. The average molecular weight is 171 g/mol. The Morgan fingerprint density at radius 1 is 1.55 bits per heavy atom. The van der Waals surface area contributed by atoms with E-state index in [1.54, 1.807) is 0 Å². The van der Waals surface area contributed by atoms with Crippen LogP contribution in [0.1, 0.15) is 25.7 Å². The molecule has 1 nitrogen and oxygen atoms in total. The highest BCUT2D eigenvalue weighted by Crippen LogP contribution is 2.16. The standard InChI is InChI=1S/C9H11ClO/c10-9(11)7-6-8-4-2-1-3-5-8/h1-2,5H,3-4,6-7H2. The minimum absolute atomic E-state index is 0.236. The second-order valence-electron chi connectivity index (χ2n) is 2.63. The number of carbonyl (C=O) groups is 1. The molecule has 0 atom stereocenters. The molecule has 0 bridgehead atoms. The highest BCUT2D eigenvalue weighted by Gasteiger charge is 2.01. The van der Waals surface area contributed by atoms with Crippen LogP contribution >= 0.6 is 11.6 Å². The highest BCUT2D eigenvalue weighted by molar-refractivity contribution is 6.63. The molecule has 0 amide bonds. The predicted octanol–water partition coefficient (Wildman–Crippen LogP) is 2.81. The lowest BCUT2D eigenvalue weighted by atomic mass is 10.0. The summed E-state index contributed by atoms with van der Waals surface area (Å²) in [5, 5.41) is -0.236. The van der Waals surface area contributed by atoms with Gasteiger partial charge in [-0.2, -0.15) is 0 Å². The fraction of sp³-hybridized carbons (Fsp3) is 0.444. The molecule has 0 saturated heterocycles. The summed E-state index contributed by atoms with van der Waals surface area (Å²) >= 11 is 5.21. The molecule has 0 spiro atoms. The quantitative estimate of drug-likeness (QED) is 0.470. The fourth-order valence-corrected chi connectivity index (χ4v) is 1.21. The molecule has 1 aliphatic carbocycles. The van der Waals surface area contributed by atoms with E-state index in [1.165, 1.54) is 5.57 Å². The van der Waals surface area contributed by atoms with Gasteiger partial charge in [-0.15, -0.1) is 0 Å². The molecule has 0 aromatic heterocycles. The van der Waals surface area contributed by atoms with Crippen molar-refractivity contribution in [2.75, 3.05) is 0 Å². The van der Waals surface area contributed by atoms with Gasteiger partial charge in [0.1, 0.15) is 0 Å². The van der Waals surface area contributed by atoms with Crippen LogP contribution in [-0.2, 0) is 4.79 Å². The van der Waals surface area contributed by atoms with Crippen LogP contribution in [0.25, 0.3) is 0 Å². The van der Waals surface area contributed by atoms with Crippen molar-refractivity contribution in [2.24, 2.45) is 0 Å². The fourth-order valence-electron chi connectivity index (χ4n) is 1.11. The van der Waals surface area contributed by atoms with Gasteiger partial charge in [-0.05, 0) is 30.9 Å². The Labute approximate surface area is 71.7 Å². The minimum atomic E-state index is -0.236. The van der Waals surface area contributed by atoms with Gasteiger partial charge < -0.3 is 0 Å². The second-order valence-corrected chi connectivity index (χ2v) is 3.05. The van der Waals surface area contributed by atoms with E-state index < -0.39 is 0 Å². The van der Waals surface area contributed by atoms with Crippen LogP contribution in [0.4, 0.5) is 0 Å². The largest absolute Gasteiger partial charge is 0.281 e. The van der Waals surface area contributed by atoms with Crippen LogP contribution in [0.15, 0.2) is 23.8 Å². The van der Waals surface area contributed by atoms with Gasteiger partial charge >= 0.3 is 0 Å². The molecule has 0 aliphatic heterocycles. The Balaban J connectivity index is 2.26. The van der Waals surface area contributed by atoms with E-state index in [4.69, 9.17) is 11.6 Å². The number of rotatable bonds is 3. The molecule has 11 heavy (non-hydrogen) atoms. The summed E-state index contributed by atoms with van der Waals surface area (Å²) in [5.74, 6) is 0. The van der Waals surface area contributed by atoms with E-state index in [2.05, 4.69) is 18.2 Å². The maximum Gasteiger partial charge on any atom is 0.221 e. The molecule has 0 heterocycles. The van der Waals surface area contributed by atoms with E-state index in [-0.39, 0.29) is 5.24 Å². The van der Waals surface area contributed by atoms with Gasteiger partial charge in [-0.3, -0.25) is 4.79 Å². The maximum atomic E-state index is 10.4. The number of halogens is 1. The monoisotopic (exact) mass is 170 g/mol. The van der Waals surface area contributed by atoms with Crippen molar-refractivity contribution < 1.29 is 4.79 Å². The van der Waals surface area contributed by atoms with Crippen LogP contribution in [0.5, 0.6) is 0 Å². The molecule has 0 aromatic rings. The third-order valence-corrected chi connectivity index (χ3v) is 1.92. The van der Waals surface area contributed by atoms with Crippen LogP contribution in [-0.4, -0.2) is 5.24 Å². The maximum absolute atomic E-state index is 10.4. The van der Waals surface area contributed by atoms with Gasteiger partial charge in [-0.1, -0.05) is 23.8 Å². The molecule has 0 fully saturated rings. The lowest BCUT2D eigenvalue weighted by Crippen LogP contribution is -1.91. The van der Waals surface area contributed by atoms with E-state index in [9.17, 15) is 4.79 Å². The second kappa shape index (κ2) is 4.35. The van der Waals surface area contributed by atoms with Crippen molar-refractivity contribution in [2.45, 2.75) is 25.7 Å². The molecule has 0 radical (unpaired) electrons. The van der Waals surface area contributed by atoms with Crippen molar-refractivity contribution in [3.05, 3.63) is 23.8 Å². The van der Waals surface area contributed by atoms with Crippen LogP contribution in [0.2, 0.25) is 0 Å². The van der Waals surface area contributed by atoms with Gasteiger partial charge in [-0.25, -0.2) is 0 Å². The molecule has 0 N–H and O–H groups in total. The lowest BCUT2D eigenvalue weighted by Gasteiger charge is -2.05. The third kappa shape index (κ3) is 3.38. The summed E-state index contributed by atoms with van der Waals surface area (Å²) in [5.41, 5.74) is 1.33. The Hall–Kier alpha value is -0.560. The highest BCUT2D eigenvalue weighted by atomic mass is 35.5. The summed E-state index contributed by atoms with van der Waals surface area (Å²) in [6.45, 7) is 0. The molecule has 0 unspecified atom stereocenters. The number of allylic oxidation sites excluding steroid dienone is 4. The first kappa shape index (κ1) is 8.54. The number of hydrogen-bond donors (Lipinski definition) is 0. The minimum Gasteiger partial charge on any atom is -0.281 e. The molecule has 60 valence electrons. The normalized spacial score (nSPS) is 16.3. The van der Waals surface area contributed by atoms with E-state index in [0.29, 0.717) is 6.42 Å².